The number of rotatable bonds is 7. The number of carbonyl (C=O) groups is 3. The first-order chi connectivity index (χ1) is 20.7. The maximum Gasteiger partial charge on any atom is 0.356 e. The average molecular weight is 597 g/mol. The Labute approximate surface area is 247 Å². The van der Waals surface area contributed by atoms with Crippen molar-refractivity contribution >= 4 is 49.4 Å². The van der Waals surface area contributed by atoms with Crippen molar-refractivity contribution in [2.75, 3.05) is 13.0 Å². The molecule has 0 spiro atoms. The van der Waals surface area contributed by atoms with Crippen molar-refractivity contribution < 1.29 is 27.5 Å². The molecule has 0 radical (unpaired) electrons. The molecule has 0 saturated carbocycles. The molecule has 1 unspecified atom stereocenters. The van der Waals surface area contributed by atoms with E-state index >= 15 is 0 Å². The molecule has 0 aliphatic carbocycles. The first-order valence-corrected chi connectivity index (χ1v) is 15.2. The van der Waals surface area contributed by atoms with Crippen LogP contribution in [0.5, 0.6) is 0 Å². The molecule has 218 valence electrons. The molecule has 1 atom stereocenters. The lowest BCUT2D eigenvalue weighted by atomic mass is 10.0. The van der Waals surface area contributed by atoms with E-state index in [1.165, 1.54) is 24.1 Å². The number of benzene rings is 3. The Kier molecular flexibility index (Phi) is 7.18. The number of amides is 2. The fourth-order valence-corrected chi connectivity index (χ4v) is 6.55. The minimum absolute atomic E-state index is 0.0352. The van der Waals surface area contributed by atoms with Gasteiger partial charge in [0.25, 0.3) is 0 Å². The van der Waals surface area contributed by atoms with Crippen LogP contribution in [0.1, 0.15) is 33.4 Å². The van der Waals surface area contributed by atoms with E-state index in [-0.39, 0.29) is 35.3 Å². The zero-order valence-corrected chi connectivity index (χ0v) is 24.3. The number of nitrogens with one attached hydrogen (secondary N) is 1. The van der Waals surface area contributed by atoms with Gasteiger partial charge in [-0.25, -0.2) is 18.2 Å². The minimum atomic E-state index is -3.90. The number of aryl methyl sites for hydroxylation is 1. The van der Waals surface area contributed by atoms with Gasteiger partial charge in [-0.1, -0.05) is 66.2 Å². The quantitative estimate of drug-likeness (QED) is 0.282. The van der Waals surface area contributed by atoms with Crippen LogP contribution in [-0.2, 0) is 37.3 Å². The fourth-order valence-electron chi connectivity index (χ4n) is 5.50. The molecule has 10 nitrogen and oxygen atoms in total. The van der Waals surface area contributed by atoms with E-state index in [1.54, 1.807) is 22.8 Å². The molecular formula is C32H28N4O6S. The number of para-hydroxylation sites is 1. The molecule has 2 amide bonds. The highest BCUT2D eigenvalue weighted by Gasteiger charge is 2.39. The molecule has 2 aromatic heterocycles. The van der Waals surface area contributed by atoms with Crippen LogP contribution in [0.2, 0.25) is 0 Å². The second kappa shape index (κ2) is 11.0. The third kappa shape index (κ3) is 5.12. The van der Waals surface area contributed by atoms with Crippen LogP contribution >= 0.6 is 0 Å². The van der Waals surface area contributed by atoms with Crippen molar-refractivity contribution in [1.82, 2.24) is 19.8 Å². The van der Waals surface area contributed by atoms with E-state index in [4.69, 9.17) is 4.74 Å². The zero-order valence-electron chi connectivity index (χ0n) is 23.5. The van der Waals surface area contributed by atoms with Crippen LogP contribution in [0, 0.1) is 6.92 Å². The molecule has 0 bridgehead atoms. The van der Waals surface area contributed by atoms with E-state index < -0.39 is 33.6 Å². The Morgan fingerprint density at radius 1 is 0.977 bits per heavy atom. The number of pyridine rings is 1. The lowest BCUT2D eigenvalue weighted by molar-refractivity contribution is -0.141. The molecule has 6 rings (SSSR count). The van der Waals surface area contributed by atoms with Gasteiger partial charge in [-0.3, -0.25) is 9.59 Å². The van der Waals surface area contributed by atoms with Gasteiger partial charge in [-0.15, -0.1) is 0 Å². The number of hydrogen-bond acceptors (Lipinski definition) is 7. The van der Waals surface area contributed by atoms with E-state index in [0.29, 0.717) is 10.9 Å². The van der Waals surface area contributed by atoms with Crippen molar-refractivity contribution in [2.24, 2.45) is 0 Å². The number of esters is 1. The molecule has 1 aliphatic rings. The third-order valence-electron chi connectivity index (χ3n) is 7.61. The molecule has 5 aromatic rings. The summed E-state index contributed by atoms with van der Waals surface area (Å²) in [6.07, 6.45) is 0. The van der Waals surface area contributed by atoms with Crippen LogP contribution < -0.4 is 5.32 Å². The Bertz CT molecular complexity index is 2000. The van der Waals surface area contributed by atoms with E-state index in [9.17, 15) is 22.8 Å². The largest absolute Gasteiger partial charge is 0.464 e. The van der Waals surface area contributed by atoms with E-state index in [1.807, 2.05) is 61.5 Å². The number of carbonyl (C=O) groups excluding carboxylic acids is 3. The van der Waals surface area contributed by atoms with Gasteiger partial charge in [0.15, 0.2) is 15.9 Å². The van der Waals surface area contributed by atoms with Crippen molar-refractivity contribution in [3.05, 3.63) is 107 Å². The Balaban J connectivity index is 1.52. The average Bonchev–Trinajstić information content (AvgIpc) is 3.26. The smallest absolute Gasteiger partial charge is 0.356 e. The second-order valence-corrected chi connectivity index (χ2v) is 12.4. The monoisotopic (exact) mass is 596 g/mol. The van der Waals surface area contributed by atoms with Crippen LogP contribution in [0.15, 0.2) is 89.8 Å². The fraction of sp³-hybridized carbons (Fsp3) is 0.188. The number of aromatic nitrogens is 2. The highest BCUT2D eigenvalue weighted by molar-refractivity contribution is 7.91. The number of hydrogen-bond donors (Lipinski definition) is 1. The molecule has 1 N–H and O–H groups in total. The maximum absolute atomic E-state index is 14.1. The van der Waals surface area contributed by atoms with Gasteiger partial charge in [0.05, 0.1) is 23.2 Å². The van der Waals surface area contributed by atoms with Gasteiger partial charge < -0.3 is 19.5 Å². The normalized spacial score (nSPS) is 15.0. The molecule has 43 heavy (non-hydrogen) atoms. The standard InChI is InChI=1S/C32H28N4O6S/c1-20-12-14-22(15-13-20)43(40,41)19-33-31(38)30-28-29-24(16-25(34-28)32(39)42-2)23-10-6-7-11-26(23)35(29)18-27(37)36(30)17-21-8-4-3-5-9-21/h3-16,30H,17-19H2,1-2H3,(H,33,38). The summed E-state index contributed by atoms with van der Waals surface area (Å²) in [5.74, 6) is -2.51. The van der Waals surface area contributed by atoms with Crippen molar-refractivity contribution in [2.45, 2.75) is 31.0 Å². The number of methoxy groups -OCH3 is 1. The molecule has 0 fully saturated rings. The Hall–Kier alpha value is -5.03. The summed E-state index contributed by atoms with van der Waals surface area (Å²) in [5.41, 5.74) is 3.02. The number of fused-ring (bicyclic) bond motifs is 3. The van der Waals surface area contributed by atoms with Gasteiger partial charge >= 0.3 is 5.97 Å². The summed E-state index contributed by atoms with van der Waals surface area (Å²) in [7, 11) is -2.67. The van der Waals surface area contributed by atoms with Crippen LogP contribution in [0.3, 0.4) is 0 Å². The molecule has 11 heteroatoms. The summed E-state index contributed by atoms with van der Waals surface area (Å²) in [6.45, 7) is 1.81. The number of ether oxygens (including phenoxy) is 1. The van der Waals surface area contributed by atoms with Crippen molar-refractivity contribution in [1.29, 1.82) is 0 Å². The highest BCUT2D eigenvalue weighted by atomic mass is 32.2. The lowest BCUT2D eigenvalue weighted by Crippen LogP contribution is -2.45. The summed E-state index contributed by atoms with van der Waals surface area (Å²) in [6, 6.07) is 23.2. The van der Waals surface area contributed by atoms with Crippen molar-refractivity contribution in [3.63, 3.8) is 0 Å². The van der Waals surface area contributed by atoms with Crippen LogP contribution in [-0.4, -0.2) is 53.6 Å². The first-order valence-electron chi connectivity index (χ1n) is 13.6. The Morgan fingerprint density at radius 3 is 2.40 bits per heavy atom. The maximum atomic E-state index is 14.1. The molecule has 0 saturated heterocycles. The second-order valence-electron chi connectivity index (χ2n) is 10.4. The Morgan fingerprint density at radius 2 is 1.67 bits per heavy atom. The predicted octanol–water partition coefficient (Wildman–Crippen LogP) is 3.92. The summed E-state index contributed by atoms with van der Waals surface area (Å²) in [5, 5.41) is 3.95. The van der Waals surface area contributed by atoms with E-state index in [0.717, 1.165) is 22.0 Å². The SMILES string of the molecule is COC(=O)c1cc2c3ccccc3n3c2c(n1)C(C(=O)NCS(=O)(=O)c1ccc(C)cc1)N(Cc1ccccc1)C(=O)C3. The molecular weight excluding hydrogens is 568 g/mol. The minimum Gasteiger partial charge on any atom is -0.464 e. The lowest BCUT2D eigenvalue weighted by Gasteiger charge is -2.29. The highest BCUT2D eigenvalue weighted by Crippen LogP contribution is 2.38. The molecule has 3 aromatic carbocycles. The topological polar surface area (TPSA) is 128 Å². The van der Waals surface area contributed by atoms with Gasteiger partial charge in [0.1, 0.15) is 18.1 Å². The van der Waals surface area contributed by atoms with Gasteiger partial charge in [-0.2, -0.15) is 0 Å². The number of sulfone groups is 1. The first kappa shape index (κ1) is 28.1. The third-order valence-corrected chi connectivity index (χ3v) is 9.13. The van der Waals surface area contributed by atoms with Gasteiger partial charge in [-0.05, 0) is 36.8 Å². The van der Waals surface area contributed by atoms with Gasteiger partial charge in [0, 0.05) is 22.8 Å². The van der Waals surface area contributed by atoms with E-state index in [2.05, 4.69) is 10.3 Å². The van der Waals surface area contributed by atoms with Crippen LogP contribution in [0.25, 0.3) is 21.8 Å². The summed E-state index contributed by atoms with van der Waals surface area (Å²) >= 11 is 0. The van der Waals surface area contributed by atoms with Crippen molar-refractivity contribution in [3.8, 4) is 0 Å². The molecule has 3 heterocycles. The molecule has 1 aliphatic heterocycles. The summed E-state index contributed by atoms with van der Waals surface area (Å²) in [4.78, 5) is 46.9. The zero-order chi connectivity index (χ0) is 30.3. The summed E-state index contributed by atoms with van der Waals surface area (Å²) < 4.78 is 33.1. The number of nitrogens with zero attached hydrogens (tertiary/aromatic N) is 3. The van der Waals surface area contributed by atoms with Crippen LogP contribution in [0.4, 0.5) is 0 Å². The van der Waals surface area contributed by atoms with Gasteiger partial charge in [0.2, 0.25) is 11.8 Å². The predicted molar refractivity (Wildman–Crippen MR) is 160 cm³/mol.